The van der Waals surface area contributed by atoms with E-state index in [0.717, 1.165) is 36.0 Å². The second-order valence-corrected chi connectivity index (χ2v) is 7.55. The molecule has 2 fully saturated rings. The average Bonchev–Trinajstić information content (AvgIpc) is 3.55. The van der Waals surface area contributed by atoms with Crippen LogP contribution in [0.5, 0.6) is 0 Å². The molecule has 0 spiro atoms. The number of rotatable bonds is 10. The summed E-state index contributed by atoms with van der Waals surface area (Å²) in [7, 11) is 1.66. The molecule has 2 aromatic rings. The third kappa shape index (κ3) is 4.95. The van der Waals surface area contributed by atoms with Gasteiger partial charge in [0.1, 0.15) is 6.10 Å². The molecular weight excluding hydrogens is 372 g/mol. The molecular formula is C21H30N4O4. The highest BCUT2D eigenvalue weighted by Gasteiger charge is 2.37. The Bertz CT molecular complexity index is 814. The molecule has 29 heavy (non-hydrogen) atoms. The smallest absolute Gasteiger partial charge is 0.253 e. The topological polar surface area (TPSA) is 77.9 Å². The number of carbonyl (C=O) groups excluding carboxylic acids is 1. The van der Waals surface area contributed by atoms with Gasteiger partial charge in [-0.3, -0.25) is 9.48 Å². The zero-order chi connectivity index (χ0) is 20.1. The van der Waals surface area contributed by atoms with Crippen molar-refractivity contribution >= 4 is 16.8 Å². The molecule has 2 heterocycles. The van der Waals surface area contributed by atoms with E-state index in [1.807, 2.05) is 21.7 Å². The summed E-state index contributed by atoms with van der Waals surface area (Å²) in [5, 5.41) is 9.18. The maximum atomic E-state index is 13.1. The van der Waals surface area contributed by atoms with E-state index in [-0.39, 0.29) is 5.91 Å². The van der Waals surface area contributed by atoms with Crippen LogP contribution < -0.4 is 5.32 Å². The van der Waals surface area contributed by atoms with Gasteiger partial charge < -0.3 is 24.4 Å². The molecule has 1 atom stereocenters. The van der Waals surface area contributed by atoms with Crippen molar-refractivity contribution in [2.75, 3.05) is 46.6 Å². The minimum absolute atomic E-state index is 0.0706. The number of hydrogen-bond acceptors (Lipinski definition) is 6. The molecule has 1 amide bonds. The van der Waals surface area contributed by atoms with Crippen LogP contribution in [0.25, 0.3) is 10.9 Å². The van der Waals surface area contributed by atoms with E-state index in [1.165, 1.54) is 0 Å². The van der Waals surface area contributed by atoms with E-state index >= 15 is 0 Å². The van der Waals surface area contributed by atoms with E-state index < -0.39 is 6.10 Å². The standard InChI is InChI=1S/C21H30N4O4/c1-27-12-13-28-11-9-25-19-5-3-2-4-17(19)18(23-25)15-24(16-6-7-16)21(26)20-14-22-8-10-29-20/h2-5,16,20,22H,6-15H2,1H3/t20-/m1/s1. The molecule has 4 rings (SSSR count). The van der Waals surface area contributed by atoms with Crippen molar-refractivity contribution in [2.24, 2.45) is 0 Å². The molecule has 158 valence electrons. The fraction of sp³-hybridized carbons (Fsp3) is 0.619. The second-order valence-electron chi connectivity index (χ2n) is 7.55. The fourth-order valence-corrected chi connectivity index (χ4v) is 3.72. The van der Waals surface area contributed by atoms with Crippen LogP contribution in [0, 0.1) is 0 Å². The lowest BCUT2D eigenvalue weighted by Gasteiger charge is -2.29. The zero-order valence-corrected chi connectivity index (χ0v) is 17.0. The fourth-order valence-electron chi connectivity index (χ4n) is 3.72. The number of methoxy groups -OCH3 is 1. The molecule has 0 bridgehead atoms. The Morgan fingerprint density at radius 1 is 1.31 bits per heavy atom. The summed E-state index contributed by atoms with van der Waals surface area (Å²) in [6.07, 6.45) is 1.71. The average molecular weight is 402 g/mol. The number of fused-ring (bicyclic) bond motifs is 1. The Hall–Kier alpha value is -2.00. The number of carbonyl (C=O) groups is 1. The summed E-state index contributed by atoms with van der Waals surface area (Å²) in [4.78, 5) is 15.1. The lowest BCUT2D eigenvalue weighted by molar-refractivity contribution is -0.146. The number of hydrogen-bond donors (Lipinski definition) is 1. The number of nitrogens with zero attached hydrogens (tertiary/aromatic N) is 3. The Morgan fingerprint density at radius 3 is 2.93 bits per heavy atom. The van der Waals surface area contributed by atoms with E-state index in [2.05, 4.69) is 17.4 Å². The van der Waals surface area contributed by atoms with E-state index in [0.29, 0.717) is 52.1 Å². The number of benzene rings is 1. The highest BCUT2D eigenvalue weighted by Crippen LogP contribution is 2.31. The van der Waals surface area contributed by atoms with Crippen molar-refractivity contribution in [1.82, 2.24) is 20.0 Å². The van der Waals surface area contributed by atoms with Crippen molar-refractivity contribution in [3.8, 4) is 0 Å². The van der Waals surface area contributed by atoms with Crippen LogP contribution in [0.3, 0.4) is 0 Å². The Morgan fingerprint density at radius 2 is 2.17 bits per heavy atom. The van der Waals surface area contributed by atoms with Gasteiger partial charge >= 0.3 is 0 Å². The van der Waals surface area contributed by atoms with Gasteiger partial charge in [0.2, 0.25) is 0 Å². The van der Waals surface area contributed by atoms with E-state index in [9.17, 15) is 4.79 Å². The molecule has 0 radical (unpaired) electrons. The van der Waals surface area contributed by atoms with Crippen LogP contribution in [0.15, 0.2) is 24.3 Å². The molecule has 2 aliphatic rings. The second kappa shape index (κ2) is 9.67. The Labute approximate surface area is 171 Å². The zero-order valence-electron chi connectivity index (χ0n) is 17.0. The van der Waals surface area contributed by atoms with Crippen molar-refractivity contribution in [3.63, 3.8) is 0 Å². The molecule has 1 aromatic carbocycles. The molecule has 8 nitrogen and oxygen atoms in total. The quantitative estimate of drug-likeness (QED) is 0.602. The third-order valence-electron chi connectivity index (χ3n) is 5.41. The summed E-state index contributed by atoms with van der Waals surface area (Å²) in [5.74, 6) is 0.0706. The molecule has 1 N–H and O–H groups in total. The molecule has 1 saturated carbocycles. The third-order valence-corrected chi connectivity index (χ3v) is 5.41. The van der Waals surface area contributed by atoms with Crippen LogP contribution in [-0.4, -0.2) is 79.4 Å². The van der Waals surface area contributed by atoms with E-state index in [4.69, 9.17) is 19.3 Å². The maximum absolute atomic E-state index is 13.1. The van der Waals surface area contributed by atoms with Crippen molar-refractivity contribution in [2.45, 2.75) is 38.1 Å². The number of aromatic nitrogens is 2. The molecule has 1 aliphatic carbocycles. The van der Waals surface area contributed by atoms with Gasteiger partial charge in [0, 0.05) is 31.6 Å². The van der Waals surface area contributed by atoms with Gasteiger partial charge in [-0.1, -0.05) is 18.2 Å². The minimum Gasteiger partial charge on any atom is -0.382 e. The van der Waals surface area contributed by atoms with Crippen molar-refractivity contribution in [1.29, 1.82) is 0 Å². The summed E-state index contributed by atoms with van der Waals surface area (Å²) in [6, 6.07) is 8.48. The summed E-state index contributed by atoms with van der Waals surface area (Å²) in [5.41, 5.74) is 2.00. The molecule has 1 aliphatic heterocycles. The van der Waals surface area contributed by atoms with Crippen molar-refractivity contribution in [3.05, 3.63) is 30.0 Å². The lowest BCUT2D eigenvalue weighted by Crippen LogP contribution is -2.49. The predicted octanol–water partition coefficient (Wildman–Crippen LogP) is 1.18. The van der Waals surface area contributed by atoms with Gasteiger partial charge in [-0.15, -0.1) is 0 Å². The Kier molecular flexibility index (Phi) is 6.76. The number of amides is 1. The normalized spacial score (nSPS) is 19.6. The first-order valence-electron chi connectivity index (χ1n) is 10.4. The molecule has 1 aromatic heterocycles. The first kappa shape index (κ1) is 20.3. The first-order chi connectivity index (χ1) is 14.3. The van der Waals surface area contributed by atoms with Crippen LogP contribution in [-0.2, 0) is 32.1 Å². The lowest BCUT2D eigenvalue weighted by atomic mass is 10.2. The molecule has 8 heteroatoms. The monoisotopic (exact) mass is 402 g/mol. The van der Waals surface area contributed by atoms with Crippen LogP contribution in [0.2, 0.25) is 0 Å². The highest BCUT2D eigenvalue weighted by molar-refractivity contribution is 5.84. The van der Waals surface area contributed by atoms with E-state index in [1.54, 1.807) is 7.11 Å². The number of nitrogens with one attached hydrogen (secondary N) is 1. The van der Waals surface area contributed by atoms with Crippen LogP contribution >= 0.6 is 0 Å². The highest BCUT2D eigenvalue weighted by atomic mass is 16.5. The molecule has 1 saturated heterocycles. The number of morpholine rings is 1. The van der Waals surface area contributed by atoms with Gasteiger partial charge in [-0.05, 0) is 18.9 Å². The van der Waals surface area contributed by atoms with Gasteiger partial charge in [0.25, 0.3) is 5.91 Å². The largest absolute Gasteiger partial charge is 0.382 e. The number of ether oxygens (including phenoxy) is 3. The van der Waals surface area contributed by atoms with Gasteiger partial charge in [-0.25, -0.2) is 0 Å². The summed E-state index contributed by atoms with van der Waals surface area (Å²) in [6.45, 7) is 4.86. The Balaban J connectivity index is 1.49. The summed E-state index contributed by atoms with van der Waals surface area (Å²) >= 11 is 0. The maximum Gasteiger partial charge on any atom is 0.253 e. The van der Waals surface area contributed by atoms with Gasteiger partial charge in [0.15, 0.2) is 0 Å². The van der Waals surface area contributed by atoms with Gasteiger partial charge in [0.05, 0.1) is 50.7 Å². The predicted molar refractivity (Wildman–Crippen MR) is 109 cm³/mol. The first-order valence-corrected chi connectivity index (χ1v) is 10.4. The SMILES string of the molecule is COCCOCCn1nc(CN(C(=O)[C@H]2CNCCO2)C2CC2)c2ccccc21. The summed E-state index contributed by atoms with van der Waals surface area (Å²) < 4.78 is 18.3. The molecule has 0 unspecified atom stereocenters. The van der Waals surface area contributed by atoms with Crippen molar-refractivity contribution < 1.29 is 19.0 Å². The van der Waals surface area contributed by atoms with Crippen LogP contribution in [0.1, 0.15) is 18.5 Å². The van der Waals surface area contributed by atoms with Crippen LogP contribution in [0.4, 0.5) is 0 Å². The van der Waals surface area contributed by atoms with Gasteiger partial charge in [-0.2, -0.15) is 5.10 Å². The minimum atomic E-state index is -0.396. The number of para-hydroxylation sites is 1.